The molecule has 2 nitrogen and oxygen atoms in total. The fraction of sp³-hybridized carbons (Fsp3) is 0.417. The fourth-order valence-corrected chi connectivity index (χ4v) is 1.90. The van der Waals surface area contributed by atoms with Gasteiger partial charge in [0.2, 0.25) is 5.91 Å². The van der Waals surface area contributed by atoms with Crippen LogP contribution in [0.2, 0.25) is 5.02 Å². The van der Waals surface area contributed by atoms with Crippen LogP contribution >= 0.6 is 11.6 Å². The van der Waals surface area contributed by atoms with Crippen molar-refractivity contribution >= 4 is 23.2 Å². The minimum Gasteiger partial charge on any atom is -0.326 e. The molecule has 1 aromatic carbocycles. The molecular weight excluding hydrogens is 210 g/mol. The largest absolute Gasteiger partial charge is 0.326 e. The molecule has 1 amide bonds. The van der Waals surface area contributed by atoms with Gasteiger partial charge in [-0.15, -0.1) is 0 Å². The van der Waals surface area contributed by atoms with E-state index in [1.807, 2.05) is 19.1 Å². The van der Waals surface area contributed by atoms with Crippen molar-refractivity contribution in [2.75, 3.05) is 5.32 Å². The van der Waals surface area contributed by atoms with Crippen LogP contribution in [-0.4, -0.2) is 5.91 Å². The van der Waals surface area contributed by atoms with E-state index in [-0.39, 0.29) is 11.8 Å². The summed E-state index contributed by atoms with van der Waals surface area (Å²) in [7, 11) is 0. The molecule has 2 rings (SSSR count). The van der Waals surface area contributed by atoms with Gasteiger partial charge in [0, 0.05) is 16.6 Å². The standard InChI is InChI=1S/C12H14ClNO/c1-8-7-10(13)5-6-11(8)14-12(15)9-3-2-4-9/h5-7,9H,2-4H2,1H3,(H,14,15). The number of nitrogens with one attached hydrogen (secondary N) is 1. The highest BCUT2D eigenvalue weighted by atomic mass is 35.5. The van der Waals surface area contributed by atoms with Crippen molar-refractivity contribution in [3.63, 3.8) is 0 Å². The first kappa shape index (κ1) is 10.5. The molecule has 15 heavy (non-hydrogen) atoms. The molecule has 0 aliphatic heterocycles. The molecule has 0 spiro atoms. The first-order chi connectivity index (χ1) is 7.16. The Morgan fingerprint density at radius 1 is 1.47 bits per heavy atom. The van der Waals surface area contributed by atoms with Crippen molar-refractivity contribution in [1.29, 1.82) is 0 Å². The Morgan fingerprint density at radius 2 is 2.20 bits per heavy atom. The van der Waals surface area contributed by atoms with Crippen LogP contribution in [0.15, 0.2) is 18.2 Å². The van der Waals surface area contributed by atoms with Gasteiger partial charge in [-0.05, 0) is 43.5 Å². The van der Waals surface area contributed by atoms with Crippen LogP contribution in [0.25, 0.3) is 0 Å². The molecule has 0 saturated heterocycles. The zero-order valence-corrected chi connectivity index (χ0v) is 9.47. The molecule has 1 N–H and O–H groups in total. The summed E-state index contributed by atoms with van der Waals surface area (Å²) in [6, 6.07) is 5.51. The average Bonchev–Trinajstić information content (AvgIpc) is 2.07. The summed E-state index contributed by atoms with van der Waals surface area (Å²) in [4.78, 5) is 11.7. The number of carbonyl (C=O) groups excluding carboxylic acids is 1. The summed E-state index contributed by atoms with van der Waals surface area (Å²) in [5.41, 5.74) is 1.88. The summed E-state index contributed by atoms with van der Waals surface area (Å²) in [6.07, 6.45) is 3.23. The lowest BCUT2D eigenvalue weighted by molar-refractivity contribution is -0.122. The second-order valence-corrected chi connectivity index (χ2v) is 4.51. The molecule has 0 atom stereocenters. The number of hydrogen-bond donors (Lipinski definition) is 1. The van der Waals surface area contributed by atoms with Gasteiger partial charge in [-0.1, -0.05) is 18.0 Å². The molecule has 80 valence electrons. The monoisotopic (exact) mass is 223 g/mol. The van der Waals surface area contributed by atoms with Gasteiger partial charge < -0.3 is 5.32 Å². The topological polar surface area (TPSA) is 29.1 Å². The van der Waals surface area contributed by atoms with Crippen molar-refractivity contribution in [2.45, 2.75) is 26.2 Å². The van der Waals surface area contributed by atoms with Crippen LogP contribution in [0.1, 0.15) is 24.8 Å². The van der Waals surface area contributed by atoms with E-state index >= 15 is 0 Å². The summed E-state index contributed by atoms with van der Waals surface area (Å²) in [5, 5.41) is 3.64. The number of benzene rings is 1. The van der Waals surface area contributed by atoms with Crippen LogP contribution in [0.4, 0.5) is 5.69 Å². The average molecular weight is 224 g/mol. The molecule has 0 heterocycles. The van der Waals surface area contributed by atoms with Crippen molar-refractivity contribution in [3.05, 3.63) is 28.8 Å². The summed E-state index contributed by atoms with van der Waals surface area (Å²) in [6.45, 7) is 1.95. The van der Waals surface area contributed by atoms with Gasteiger partial charge in [-0.3, -0.25) is 4.79 Å². The van der Waals surface area contributed by atoms with E-state index < -0.39 is 0 Å². The van der Waals surface area contributed by atoms with Crippen LogP contribution in [0.3, 0.4) is 0 Å². The third kappa shape index (κ3) is 2.32. The minimum atomic E-state index is 0.145. The van der Waals surface area contributed by atoms with Gasteiger partial charge in [0.1, 0.15) is 0 Å². The normalized spacial score (nSPS) is 15.9. The van der Waals surface area contributed by atoms with Gasteiger partial charge >= 0.3 is 0 Å². The van der Waals surface area contributed by atoms with Crippen LogP contribution in [0.5, 0.6) is 0 Å². The van der Waals surface area contributed by atoms with Crippen molar-refractivity contribution < 1.29 is 4.79 Å². The molecule has 0 bridgehead atoms. The highest BCUT2D eigenvalue weighted by molar-refractivity contribution is 6.30. The Bertz CT molecular complexity index is 385. The first-order valence-corrected chi connectivity index (χ1v) is 5.61. The Kier molecular flexibility index (Phi) is 2.96. The van der Waals surface area contributed by atoms with Gasteiger partial charge in [-0.2, -0.15) is 0 Å². The maximum Gasteiger partial charge on any atom is 0.227 e. The predicted molar refractivity (Wildman–Crippen MR) is 62.2 cm³/mol. The third-order valence-corrected chi connectivity index (χ3v) is 3.16. The van der Waals surface area contributed by atoms with Crippen molar-refractivity contribution in [2.24, 2.45) is 5.92 Å². The molecular formula is C12H14ClNO. The highest BCUT2D eigenvalue weighted by Crippen LogP contribution is 2.28. The van der Waals surface area contributed by atoms with Crippen LogP contribution in [-0.2, 0) is 4.79 Å². The van der Waals surface area contributed by atoms with Crippen molar-refractivity contribution in [3.8, 4) is 0 Å². The van der Waals surface area contributed by atoms with Crippen LogP contribution < -0.4 is 5.32 Å². The third-order valence-electron chi connectivity index (χ3n) is 2.92. The van der Waals surface area contributed by atoms with Crippen LogP contribution in [0, 0.1) is 12.8 Å². The van der Waals surface area contributed by atoms with Gasteiger partial charge in [-0.25, -0.2) is 0 Å². The Morgan fingerprint density at radius 3 is 2.73 bits per heavy atom. The van der Waals surface area contributed by atoms with E-state index in [1.165, 1.54) is 6.42 Å². The second-order valence-electron chi connectivity index (χ2n) is 4.08. The lowest BCUT2D eigenvalue weighted by atomic mass is 9.85. The van der Waals surface area contributed by atoms with Crippen molar-refractivity contribution in [1.82, 2.24) is 0 Å². The molecule has 1 saturated carbocycles. The second kappa shape index (κ2) is 4.23. The predicted octanol–water partition coefficient (Wildman–Crippen LogP) is 3.39. The zero-order chi connectivity index (χ0) is 10.8. The molecule has 1 aliphatic rings. The van der Waals surface area contributed by atoms with E-state index in [9.17, 15) is 4.79 Å². The van der Waals surface area contributed by atoms with E-state index in [0.29, 0.717) is 5.02 Å². The Hall–Kier alpha value is -1.02. The van der Waals surface area contributed by atoms with E-state index in [1.54, 1.807) is 6.07 Å². The number of rotatable bonds is 2. The smallest absolute Gasteiger partial charge is 0.227 e. The number of hydrogen-bond acceptors (Lipinski definition) is 1. The number of halogens is 1. The number of amides is 1. The number of aryl methyl sites for hydroxylation is 1. The quantitative estimate of drug-likeness (QED) is 0.818. The lowest BCUT2D eigenvalue weighted by Gasteiger charge is -2.24. The zero-order valence-electron chi connectivity index (χ0n) is 8.72. The molecule has 0 radical (unpaired) electrons. The molecule has 1 aliphatic carbocycles. The molecule has 3 heteroatoms. The molecule has 1 aromatic rings. The molecule has 0 unspecified atom stereocenters. The maximum atomic E-state index is 11.7. The SMILES string of the molecule is Cc1cc(Cl)ccc1NC(=O)C1CCC1. The van der Waals surface area contributed by atoms with Gasteiger partial charge in [0.25, 0.3) is 0 Å². The first-order valence-electron chi connectivity index (χ1n) is 5.24. The fourth-order valence-electron chi connectivity index (χ4n) is 1.67. The molecule has 1 fully saturated rings. The Labute approximate surface area is 94.6 Å². The van der Waals surface area contributed by atoms with Gasteiger partial charge in [0.05, 0.1) is 0 Å². The Balaban J connectivity index is 2.06. The van der Waals surface area contributed by atoms with E-state index in [0.717, 1.165) is 24.1 Å². The van der Waals surface area contributed by atoms with E-state index in [2.05, 4.69) is 5.32 Å². The maximum absolute atomic E-state index is 11.7. The number of carbonyl (C=O) groups is 1. The van der Waals surface area contributed by atoms with Gasteiger partial charge in [0.15, 0.2) is 0 Å². The summed E-state index contributed by atoms with van der Waals surface area (Å²) >= 11 is 5.84. The number of anilines is 1. The highest BCUT2D eigenvalue weighted by Gasteiger charge is 2.25. The van der Waals surface area contributed by atoms with E-state index in [4.69, 9.17) is 11.6 Å². The lowest BCUT2D eigenvalue weighted by Crippen LogP contribution is -2.28. The minimum absolute atomic E-state index is 0.145. The summed E-state index contributed by atoms with van der Waals surface area (Å²) in [5.74, 6) is 0.367. The summed E-state index contributed by atoms with van der Waals surface area (Å²) < 4.78 is 0. The molecule has 0 aromatic heterocycles.